The van der Waals surface area contributed by atoms with Crippen molar-refractivity contribution in [3.05, 3.63) is 23.8 Å². The zero-order valence-electron chi connectivity index (χ0n) is 14.6. The number of esters is 1. The molecule has 0 saturated heterocycles. The minimum Gasteiger partial charge on any atom is -0.481 e. The maximum absolute atomic E-state index is 11.2. The van der Waals surface area contributed by atoms with Crippen LogP contribution in [0.15, 0.2) is 23.8 Å². The molecule has 0 heterocycles. The van der Waals surface area contributed by atoms with Gasteiger partial charge in [-0.05, 0) is 31.8 Å². The third-order valence-electron chi connectivity index (χ3n) is 3.78. The summed E-state index contributed by atoms with van der Waals surface area (Å²) in [6.45, 7) is 7.74. The lowest BCUT2D eigenvalue weighted by atomic mass is 9.85. The molecule has 8 heteroatoms. The molecule has 0 aromatic heterocycles. The van der Waals surface area contributed by atoms with Crippen LogP contribution in [0.1, 0.15) is 39.5 Å². The number of carboxylic acids is 2. The summed E-state index contributed by atoms with van der Waals surface area (Å²) in [5, 5.41) is 26.1. The molecule has 0 radical (unpaired) electrons. The van der Waals surface area contributed by atoms with Crippen molar-refractivity contribution in [3.8, 4) is 0 Å². The van der Waals surface area contributed by atoms with Gasteiger partial charge in [-0.1, -0.05) is 18.2 Å². The summed E-state index contributed by atoms with van der Waals surface area (Å²) in [4.78, 5) is 42.6. The molecular formula is C17H24O8. The molecule has 0 aromatic carbocycles. The summed E-state index contributed by atoms with van der Waals surface area (Å²) in [5.74, 6) is -3.60. The van der Waals surface area contributed by atoms with Gasteiger partial charge < -0.3 is 20.1 Å². The molecule has 25 heavy (non-hydrogen) atoms. The number of carbonyl (C=O) groups excluding carboxylic acids is 2. The number of hydrogen-bond acceptors (Lipinski definition) is 6. The van der Waals surface area contributed by atoms with Crippen LogP contribution in [0.25, 0.3) is 0 Å². The third kappa shape index (κ3) is 7.75. The molecule has 3 N–H and O–H groups in total. The van der Waals surface area contributed by atoms with E-state index in [1.54, 1.807) is 0 Å². The fraction of sp³-hybridized carbons (Fsp3) is 0.529. The Hall–Kier alpha value is -2.48. The standard InChI is InChI=1S/C10H14O.C7H10O7/c1-7(2)9-5-4-8(3)10(11)6-9;1-14-5(10)3-7(13,6(11)12)2-4(8)9/h4,9H,1,5-6H2,2-3H3;13H,2-3H2,1H3,(H,8,9)(H,11,12)/t9-;/m0./s1. The second kappa shape index (κ2) is 9.73. The van der Waals surface area contributed by atoms with Crippen LogP contribution in [0.5, 0.6) is 0 Å². The SMILES string of the molecule is C=C(C)[C@H]1CC=C(C)C(=O)C1.COC(=O)CC(O)(CC(=O)O)C(=O)O. The molecule has 1 unspecified atom stereocenters. The second-order valence-electron chi connectivity index (χ2n) is 5.95. The molecular weight excluding hydrogens is 332 g/mol. The molecule has 0 aromatic rings. The van der Waals surface area contributed by atoms with Crippen molar-refractivity contribution < 1.29 is 39.2 Å². The fourth-order valence-corrected chi connectivity index (χ4v) is 2.05. The van der Waals surface area contributed by atoms with Gasteiger partial charge >= 0.3 is 17.9 Å². The Morgan fingerprint density at radius 3 is 2.24 bits per heavy atom. The Balaban J connectivity index is 0.000000472. The number of ether oxygens (including phenoxy) is 1. The largest absolute Gasteiger partial charge is 0.481 e. The van der Waals surface area contributed by atoms with E-state index in [0.29, 0.717) is 12.3 Å². The molecule has 8 nitrogen and oxygen atoms in total. The zero-order valence-corrected chi connectivity index (χ0v) is 14.6. The smallest absolute Gasteiger partial charge is 0.336 e. The third-order valence-corrected chi connectivity index (χ3v) is 3.78. The van der Waals surface area contributed by atoms with Crippen molar-refractivity contribution in [3.63, 3.8) is 0 Å². The number of Topliss-reactive ketones (excluding diaryl/α,β-unsaturated/α-hetero) is 1. The number of aliphatic carboxylic acids is 2. The quantitative estimate of drug-likeness (QED) is 0.478. The van der Waals surface area contributed by atoms with E-state index in [-0.39, 0.29) is 5.78 Å². The number of ketones is 1. The van der Waals surface area contributed by atoms with E-state index in [1.165, 1.54) is 0 Å². The highest BCUT2D eigenvalue weighted by atomic mass is 16.5. The van der Waals surface area contributed by atoms with Crippen LogP contribution < -0.4 is 0 Å². The van der Waals surface area contributed by atoms with Gasteiger partial charge in [0.25, 0.3) is 0 Å². The van der Waals surface area contributed by atoms with E-state index in [4.69, 9.17) is 10.2 Å². The minimum atomic E-state index is -2.61. The molecule has 0 aliphatic heterocycles. The normalized spacial score (nSPS) is 18.8. The van der Waals surface area contributed by atoms with Crippen LogP contribution in [0.3, 0.4) is 0 Å². The molecule has 1 aliphatic carbocycles. The lowest BCUT2D eigenvalue weighted by Gasteiger charge is -2.19. The molecule has 0 fully saturated rings. The van der Waals surface area contributed by atoms with Crippen LogP contribution in [0, 0.1) is 5.92 Å². The van der Waals surface area contributed by atoms with E-state index in [2.05, 4.69) is 11.3 Å². The van der Waals surface area contributed by atoms with Gasteiger partial charge in [0.05, 0.1) is 20.0 Å². The van der Waals surface area contributed by atoms with Crippen LogP contribution in [-0.4, -0.2) is 51.7 Å². The highest BCUT2D eigenvalue weighted by Gasteiger charge is 2.41. The number of methoxy groups -OCH3 is 1. The van der Waals surface area contributed by atoms with Gasteiger partial charge in [0.1, 0.15) is 0 Å². The molecule has 2 atom stereocenters. The van der Waals surface area contributed by atoms with E-state index in [0.717, 1.165) is 24.7 Å². The first kappa shape index (κ1) is 22.5. The molecule has 0 spiro atoms. The first-order chi connectivity index (χ1) is 11.4. The molecule has 0 bridgehead atoms. The van der Waals surface area contributed by atoms with Gasteiger partial charge in [-0.15, -0.1) is 0 Å². The number of carbonyl (C=O) groups is 4. The van der Waals surface area contributed by atoms with E-state index < -0.39 is 36.4 Å². The maximum atomic E-state index is 11.2. The number of aliphatic hydroxyl groups is 1. The van der Waals surface area contributed by atoms with Crippen molar-refractivity contribution >= 4 is 23.7 Å². The second-order valence-corrected chi connectivity index (χ2v) is 5.95. The first-order valence-electron chi connectivity index (χ1n) is 7.52. The van der Waals surface area contributed by atoms with Gasteiger partial charge in [-0.25, -0.2) is 4.79 Å². The highest BCUT2D eigenvalue weighted by Crippen LogP contribution is 2.25. The van der Waals surface area contributed by atoms with Gasteiger partial charge in [0, 0.05) is 6.42 Å². The van der Waals surface area contributed by atoms with Gasteiger partial charge in [-0.2, -0.15) is 0 Å². The van der Waals surface area contributed by atoms with Crippen molar-refractivity contribution in [2.45, 2.75) is 45.1 Å². The van der Waals surface area contributed by atoms with Crippen molar-refractivity contribution in [2.75, 3.05) is 7.11 Å². The van der Waals surface area contributed by atoms with Crippen molar-refractivity contribution in [2.24, 2.45) is 5.92 Å². The Bertz CT molecular complexity index is 589. The lowest BCUT2D eigenvalue weighted by Crippen LogP contribution is -2.42. The summed E-state index contributed by atoms with van der Waals surface area (Å²) in [6, 6.07) is 0. The molecule has 1 rings (SSSR count). The average Bonchev–Trinajstić information content (AvgIpc) is 2.49. The Kier molecular flexibility index (Phi) is 8.76. The number of rotatable bonds is 6. The van der Waals surface area contributed by atoms with Crippen LogP contribution in [0.2, 0.25) is 0 Å². The lowest BCUT2D eigenvalue weighted by molar-refractivity contribution is -0.171. The van der Waals surface area contributed by atoms with Crippen LogP contribution in [0.4, 0.5) is 0 Å². The number of hydrogen-bond donors (Lipinski definition) is 3. The summed E-state index contributed by atoms with van der Waals surface area (Å²) >= 11 is 0. The maximum Gasteiger partial charge on any atom is 0.336 e. The fourth-order valence-electron chi connectivity index (χ4n) is 2.05. The van der Waals surface area contributed by atoms with Crippen molar-refractivity contribution in [1.82, 2.24) is 0 Å². The molecule has 1 aliphatic rings. The summed E-state index contributed by atoms with van der Waals surface area (Å²) in [6.07, 6.45) is 1.72. The number of allylic oxidation sites excluding steroid dienone is 3. The van der Waals surface area contributed by atoms with E-state index >= 15 is 0 Å². The molecule has 140 valence electrons. The Labute approximate surface area is 145 Å². The van der Waals surface area contributed by atoms with Crippen LogP contribution in [-0.2, 0) is 23.9 Å². The van der Waals surface area contributed by atoms with E-state index in [9.17, 15) is 24.3 Å². The first-order valence-corrected chi connectivity index (χ1v) is 7.52. The topological polar surface area (TPSA) is 138 Å². The number of carboxylic acid groups (broad SMARTS) is 2. The van der Waals surface area contributed by atoms with Gasteiger partial charge in [0.15, 0.2) is 11.4 Å². The van der Waals surface area contributed by atoms with E-state index in [1.807, 2.05) is 19.9 Å². The minimum absolute atomic E-state index is 0.282. The van der Waals surface area contributed by atoms with Crippen molar-refractivity contribution in [1.29, 1.82) is 0 Å². The van der Waals surface area contributed by atoms with Gasteiger partial charge in [-0.3, -0.25) is 14.4 Å². The highest BCUT2D eigenvalue weighted by molar-refractivity contribution is 5.95. The Morgan fingerprint density at radius 1 is 1.32 bits per heavy atom. The zero-order chi connectivity index (χ0) is 19.8. The summed E-state index contributed by atoms with van der Waals surface area (Å²) < 4.78 is 4.12. The predicted molar refractivity (Wildman–Crippen MR) is 87.8 cm³/mol. The molecule has 0 amide bonds. The summed E-state index contributed by atoms with van der Waals surface area (Å²) in [7, 11) is 1.01. The van der Waals surface area contributed by atoms with Gasteiger partial charge in [0.2, 0.25) is 0 Å². The molecule has 0 saturated carbocycles. The summed E-state index contributed by atoms with van der Waals surface area (Å²) in [5.41, 5.74) is -0.566. The average molecular weight is 356 g/mol. The van der Waals surface area contributed by atoms with Crippen LogP contribution >= 0.6 is 0 Å². The monoisotopic (exact) mass is 356 g/mol. The predicted octanol–water partition coefficient (Wildman–Crippen LogP) is 1.33. The Morgan fingerprint density at radius 2 is 1.88 bits per heavy atom.